The number of hydrogen-bond donors (Lipinski definition) is 2. The van der Waals surface area contributed by atoms with Gasteiger partial charge in [-0.25, -0.2) is 0 Å². The number of nitrogens with one attached hydrogen (secondary N) is 2. The molecular formula is C40H35N3O4S. The Hall–Kier alpha value is -5.60. The first kappa shape index (κ1) is 32.3. The number of para-hydroxylation sites is 3. The minimum Gasteiger partial charge on any atom is -0.493 e. The molecule has 5 aromatic rings. The lowest BCUT2D eigenvalue weighted by Gasteiger charge is -2.25. The van der Waals surface area contributed by atoms with Crippen LogP contribution in [0.1, 0.15) is 34.0 Å². The predicted molar refractivity (Wildman–Crippen MR) is 193 cm³/mol. The van der Waals surface area contributed by atoms with Crippen molar-refractivity contribution in [2.75, 3.05) is 22.6 Å². The van der Waals surface area contributed by atoms with Crippen molar-refractivity contribution in [3.05, 3.63) is 155 Å². The van der Waals surface area contributed by atoms with Gasteiger partial charge in [-0.3, -0.25) is 19.3 Å². The Bertz CT molecular complexity index is 1930. The van der Waals surface area contributed by atoms with E-state index < -0.39 is 11.8 Å². The Balaban J connectivity index is 1.21. The highest BCUT2D eigenvalue weighted by molar-refractivity contribution is 8.00. The molecule has 5 aromatic carbocycles. The number of carbonyl (C=O) groups is 3. The van der Waals surface area contributed by atoms with Crippen molar-refractivity contribution in [3.8, 4) is 5.75 Å². The molecule has 240 valence electrons. The average molecular weight is 654 g/mol. The third-order valence-corrected chi connectivity index (χ3v) is 8.86. The zero-order chi connectivity index (χ0) is 33.3. The van der Waals surface area contributed by atoms with Crippen LogP contribution in [0, 0.1) is 0 Å². The van der Waals surface area contributed by atoms with E-state index in [1.807, 2.05) is 96.8 Å². The number of anilines is 3. The normalized spacial score (nSPS) is 12.3. The lowest BCUT2D eigenvalue weighted by Crippen LogP contribution is -2.30. The van der Waals surface area contributed by atoms with Gasteiger partial charge in [0.05, 0.1) is 23.7 Å². The van der Waals surface area contributed by atoms with Gasteiger partial charge in [0.15, 0.2) is 0 Å². The SMILES string of the molecule is CCOc1ccccc1/C=C(\NC(=O)c1ccccc1)C(=O)Nc1cccc(SCC(=O)N2c3ccccc3CCc3ccccc32)c1. The molecule has 7 nitrogen and oxygen atoms in total. The molecule has 8 heteroatoms. The highest BCUT2D eigenvalue weighted by Crippen LogP contribution is 2.37. The smallest absolute Gasteiger partial charge is 0.272 e. The number of fused-ring (bicyclic) bond motifs is 2. The molecule has 0 aromatic heterocycles. The molecule has 48 heavy (non-hydrogen) atoms. The zero-order valence-corrected chi connectivity index (χ0v) is 27.3. The van der Waals surface area contributed by atoms with Crippen LogP contribution in [0.2, 0.25) is 0 Å². The van der Waals surface area contributed by atoms with Crippen molar-refractivity contribution in [1.82, 2.24) is 5.32 Å². The van der Waals surface area contributed by atoms with Gasteiger partial charge in [-0.15, -0.1) is 11.8 Å². The fourth-order valence-electron chi connectivity index (χ4n) is 5.60. The van der Waals surface area contributed by atoms with Gasteiger partial charge < -0.3 is 15.4 Å². The van der Waals surface area contributed by atoms with Crippen LogP contribution >= 0.6 is 11.8 Å². The quantitative estimate of drug-likeness (QED) is 0.118. The van der Waals surface area contributed by atoms with Crippen LogP contribution in [-0.4, -0.2) is 30.1 Å². The number of thioether (sulfide) groups is 1. The first-order chi connectivity index (χ1) is 23.5. The van der Waals surface area contributed by atoms with Gasteiger partial charge in [0.1, 0.15) is 11.4 Å². The lowest BCUT2D eigenvalue weighted by atomic mass is 10.0. The summed E-state index contributed by atoms with van der Waals surface area (Å²) >= 11 is 1.40. The fourth-order valence-corrected chi connectivity index (χ4v) is 6.41. The summed E-state index contributed by atoms with van der Waals surface area (Å²) in [5, 5.41) is 5.71. The van der Waals surface area contributed by atoms with Crippen LogP contribution in [0.15, 0.2) is 138 Å². The van der Waals surface area contributed by atoms with E-state index in [1.165, 1.54) is 11.8 Å². The molecule has 0 spiro atoms. The number of rotatable bonds is 10. The van der Waals surface area contributed by atoms with Crippen molar-refractivity contribution < 1.29 is 19.1 Å². The van der Waals surface area contributed by atoms with Crippen LogP contribution in [0.3, 0.4) is 0 Å². The first-order valence-corrected chi connectivity index (χ1v) is 16.8. The third kappa shape index (κ3) is 7.67. The molecule has 0 saturated heterocycles. The molecular weight excluding hydrogens is 619 g/mol. The molecule has 6 rings (SSSR count). The minimum absolute atomic E-state index is 0.0296. The molecule has 0 aliphatic carbocycles. The molecule has 1 heterocycles. The van der Waals surface area contributed by atoms with Crippen LogP contribution in [-0.2, 0) is 22.4 Å². The van der Waals surface area contributed by atoms with E-state index in [0.29, 0.717) is 29.2 Å². The van der Waals surface area contributed by atoms with Crippen molar-refractivity contribution in [3.63, 3.8) is 0 Å². The first-order valence-electron chi connectivity index (χ1n) is 15.8. The van der Waals surface area contributed by atoms with Crippen molar-refractivity contribution in [2.45, 2.75) is 24.7 Å². The van der Waals surface area contributed by atoms with E-state index >= 15 is 0 Å². The van der Waals surface area contributed by atoms with Crippen LogP contribution in [0.4, 0.5) is 17.1 Å². The van der Waals surface area contributed by atoms with Gasteiger partial charge in [0, 0.05) is 21.7 Å². The second-order valence-electron chi connectivity index (χ2n) is 11.1. The van der Waals surface area contributed by atoms with Gasteiger partial charge in [-0.2, -0.15) is 0 Å². The molecule has 2 N–H and O–H groups in total. The van der Waals surface area contributed by atoms with Gasteiger partial charge >= 0.3 is 0 Å². The zero-order valence-electron chi connectivity index (χ0n) is 26.5. The lowest BCUT2D eigenvalue weighted by molar-refractivity contribution is -0.115. The monoisotopic (exact) mass is 653 g/mol. The number of ether oxygens (including phenoxy) is 1. The molecule has 0 unspecified atom stereocenters. The van der Waals surface area contributed by atoms with E-state index in [2.05, 4.69) is 22.8 Å². The van der Waals surface area contributed by atoms with Crippen molar-refractivity contribution >= 4 is 52.6 Å². The second kappa shape index (κ2) is 15.3. The van der Waals surface area contributed by atoms with Crippen molar-refractivity contribution in [2.24, 2.45) is 0 Å². The third-order valence-electron chi connectivity index (χ3n) is 7.88. The molecule has 1 aliphatic rings. The standard InChI is InChI=1S/C40H35N3O4S/c1-2-47-37-22-11-8-17-31(37)25-34(42-39(45)30-15-4-3-5-16-30)40(46)41-32-18-12-19-33(26-32)48-27-38(44)43-35-20-9-6-13-28(35)23-24-29-14-7-10-21-36(29)43/h3-22,25-26H,2,23-24,27H2,1H3,(H,41,46)(H,42,45)/b34-25-. The second-order valence-corrected chi connectivity index (χ2v) is 12.2. The summed E-state index contributed by atoms with van der Waals surface area (Å²) in [5.41, 5.74) is 5.77. The maximum atomic E-state index is 13.8. The van der Waals surface area contributed by atoms with Crippen LogP contribution in [0.5, 0.6) is 5.75 Å². The number of aryl methyl sites for hydroxylation is 2. The molecule has 0 radical (unpaired) electrons. The maximum Gasteiger partial charge on any atom is 0.272 e. The number of hydrogen-bond acceptors (Lipinski definition) is 5. The Morgan fingerprint density at radius 3 is 2.12 bits per heavy atom. The molecule has 1 aliphatic heterocycles. The maximum absolute atomic E-state index is 13.8. The number of nitrogens with zero attached hydrogens (tertiary/aromatic N) is 1. The van der Waals surface area contributed by atoms with Crippen LogP contribution < -0.4 is 20.3 Å². The fraction of sp³-hybridized carbons (Fsp3) is 0.125. The van der Waals surface area contributed by atoms with Crippen LogP contribution in [0.25, 0.3) is 6.08 Å². The number of benzene rings is 5. The topological polar surface area (TPSA) is 87.7 Å². The molecule has 0 atom stereocenters. The number of carbonyl (C=O) groups excluding carboxylic acids is 3. The van der Waals surface area contributed by atoms with Gasteiger partial charge in [0.2, 0.25) is 5.91 Å². The molecule has 0 bridgehead atoms. The summed E-state index contributed by atoms with van der Waals surface area (Å²) in [5.74, 6) is -0.144. The highest BCUT2D eigenvalue weighted by Gasteiger charge is 2.25. The van der Waals surface area contributed by atoms with Gasteiger partial charge in [-0.1, -0.05) is 78.9 Å². The van der Waals surface area contributed by atoms with Gasteiger partial charge in [0.25, 0.3) is 11.8 Å². The summed E-state index contributed by atoms with van der Waals surface area (Å²) in [6.07, 6.45) is 3.34. The Labute approximate surface area is 284 Å². The summed E-state index contributed by atoms with van der Waals surface area (Å²) in [7, 11) is 0. The summed E-state index contributed by atoms with van der Waals surface area (Å²) in [4.78, 5) is 43.3. The van der Waals surface area contributed by atoms with E-state index in [0.717, 1.165) is 40.2 Å². The average Bonchev–Trinajstić information content (AvgIpc) is 3.29. The molecule has 3 amide bonds. The van der Waals surface area contributed by atoms with E-state index in [4.69, 9.17) is 4.74 Å². The minimum atomic E-state index is -0.499. The summed E-state index contributed by atoms with van der Waals surface area (Å²) < 4.78 is 5.75. The summed E-state index contributed by atoms with van der Waals surface area (Å²) in [6, 6.07) is 39.5. The molecule has 0 fully saturated rings. The van der Waals surface area contributed by atoms with E-state index in [1.54, 1.807) is 36.4 Å². The van der Waals surface area contributed by atoms with Crippen molar-refractivity contribution in [1.29, 1.82) is 0 Å². The Kier molecular flexibility index (Phi) is 10.3. The number of amides is 3. The van der Waals surface area contributed by atoms with E-state index in [9.17, 15) is 14.4 Å². The predicted octanol–water partition coefficient (Wildman–Crippen LogP) is 8.05. The largest absolute Gasteiger partial charge is 0.493 e. The Morgan fingerprint density at radius 1 is 0.771 bits per heavy atom. The van der Waals surface area contributed by atoms with E-state index in [-0.39, 0.29) is 17.4 Å². The molecule has 0 saturated carbocycles. The highest BCUT2D eigenvalue weighted by atomic mass is 32.2. The summed E-state index contributed by atoms with van der Waals surface area (Å²) in [6.45, 7) is 2.34. The van der Waals surface area contributed by atoms with Gasteiger partial charge in [-0.05, 0) is 85.5 Å². The Morgan fingerprint density at radius 2 is 1.42 bits per heavy atom.